The Morgan fingerprint density at radius 3 is 2.27 bits per heavy atom. The Morgan fingerprint density at radius 1 is 1.55 bits per heavy atom. The van der Waals surface area contributed by atoms with E-state index in [-0.39, 0.29) is 0 Å². The summed E-state index contributed by atoms with van der Waals surface area (Å²) < 4.78 is 0. The summed E-state index contributed by atoms with van der Waals surface area (Å²) in [5, 5.41) is 0. The van der Waals surface area contributed by atoms with Crippen molar-refractivity contribution >= 4 is 5.84 Å². The van der Waals surface area contributed by atoms with E-state index in [4.69, 9.17) is 5.73 Å². The fourth-order valence-electron chi connectivity index (χ4n) is 1.36. The molecule has 64 valence electrons. The van der Waals surface area contributed by atoms with Gasteiger partial charge in [0, 0.05) is 12.0 Å². The maximum Gasteiger partial charge on any atom is 0.0977 e. The molecule has 0 aromatic carbocycles. The molecule has 0 spiro atoms. The monoisotopic (exact) mass is 154 g/mol. The highest BCUT2D eigenvalue weighted by Gasteiger charge is 2.48. The minimum Gasteiger partial charge on any atom is -0.387 e. The number of nitrogens with two attached hydrogens (primary N) is 1. The van der Waals surface area contributed by atoms with Gasteiger partial charge in [0.2, 0.25) is 0 Å². The molecule has 0 heterocycles. The molecule has 1 atom stereocenters. The van der Waals surface area contributed by atoms with Gasteiger partial charge in [-0.2, -0.15) is 0 Å². The minimum absolute atomic E-state index is 0.339. The summed E-state index contributed by atoms with van der Waals surface area (Å²) >= 11 is 0. The number of amidine groups is 1. The smallest absolute Gasteiger partial charge is 0.0977 e. The Labute approximate surface area is 68.9 Å². The Hall–Kier alpha value is -0.530. The van der Waals surface area contributed by atoms with Crippen molar-refractivity contribution in [3.63, 3.8) is 0 Å². The van der Waals surface area contributed by atoms with Gasteiger partial charge in [0.05, 0.1) is 5.84 Å². The molecule has 1 aliphatic rings. The van der Waals surface area contributed by atoms with Crippen molar-refractivity contribution in [1.29, 1.82) is 0 Å². The highest BCUT2D eigenvalue weighted by Crippen LogP contribution is 2.51. The SMILES string of the molecule is CC(C)N=C(N)C1CC1(C)C. The van der Waals surface area contributed by atoms with E-state index in [2.05, 4.69) is 32.7 Å². The number of aliphatic imine (C=N–C) groups is 1. The molecule has 0 radical (unpaired) electrons. The zero-order valence-corrected chi connectivity index (χ0v) is 7.89. The molecule has 0 aromatic rings. The van der Waals surface area contributed by atoms with Crippen LogP contribution in [0.4, 0.5) is 0 Å². The van der Waals surface area contributed by atoms with Crippen molar-refractivity contribution in [2.24, 2.45) is 22.1 Å². The lowest BCUT2D eigenvalue weighted by Gasteiger charge is -2.04. The van der Waals surface area contributed by atoms with Gasteiger partial charge in [-0.15, -0.1) is 0 Å². The standard InChI is InChI=1S/C9H18N2/c1-6(2)11-8(10)7-5-9(7,3)4/h6-7H,5H2,1-4H3,(H2,10,11). The van der Waals surface area contributed by atoms with E-state index >= 15 is 0 Å². The number of rotatable bonds is 2. The third-order valence-electron chi connectivity index (χ3n) is 2.28. The summed E-state index contributed by atoms with van der Waals surface area (Å²) in [7, 11) is 0. The normalized spacial score (nSPS) is 29.2. The molecule has 1 rings (SSSR count). The molecule has 11 heavy (non-hydrogen) atoms. The molecule has 2 N–H and O–H groups in total. The van der Waals surface area contributed by atoms with Crippen LogP contribution in [-0.4, -0.2) is 11.9 Å². The second-order valence-electron chi connectivity index (χ2n) is 4.39. The first-order chi connectivity index (χ1) is 4.93. The summed E-state index contributed by atoms with van der Waals surface area (Å²) in [5.41, 5.74) is 6.22. The van der Waals surface area contributed by atoms with Gasteiger partial charge < -0.3 is 5.73 Å². The van der Waals surface area contributed by atoms with Crippen LogP contribution in [0.3, 0.4) is 0 Å². The molecule has 2 nitrogen and oxygen atoms in total. The number of nitrogens with zero attached hydrogens (tertiary/aromatic N) is 1. The van der Waals surface area contributed by atoms with Crippen LogP contribution in [0, 0.1) is 11.3 Å². The third-order valence-corrected chi connectivity index (χ3v) is 2.28. The lowest BCUT2D eigenvalue weighted by molar-refractivity contribution is 0.618. The molecular weight excluding hydrogens is 136 g/mol. The topological polar surface area (TPSA) is 38.4 Å². The third kappa shape index (κ3) is 1.95. The molecule has 0 aromatic heterocycles. The molecule has 0 amide bonds. The van der Waals surface area contributed by atoms with Gasteiger partial charge in [-0.05, 0) is 25.7 Å². The van der Waals surface area contributed by atoms with E-state index in [1.807, 2.05) is 0 Å². The minimum atomic E-state index is 0.339. The molecule has 0 aliphatic heterocycles. The largest absolute Gasteiger partial charge is 0.387 e. The lowest BCUT2D eigenvalue weighted by atomic mass is 10.1. The van der Waals surface area contributed by atoms with Crippen LogP contribution in [0.1, 0.15) is 34.1 Å². The van der Waals surface area contributed by atoms with Gasteiger partial charge in [-0.3, -0.25) is 4.99 Å². The fraction of sp³-hybridized carbons (Fsp3) is 0.889. The highest BCUT2D eigenvalue weighted by atomic mass is 14.9. The van der Waals surface area contributed by atoms with Gasteiger partial charge in [0.15, 0.2) is 0 Å². The van der Waals surface area contributed by atoms with Crippen LogP contribution in [0.25, 0.3) is 0 Å². The predicted molar refractivity (Wildman–Crippen MR) is 48.6 cm³/mol. The Morgan fingerprint density at radius 2 is 2.00 bits per heavy atom. The molecule has 1 fully saturated rings. The van der Waals surface area contributed by atoms with Crippen molar-refractivity contribution in [2.45, 2.75) is 40.2 Å². The van der Waals surface area contributed by atoms with Crippen LogP contribution in [0.2, 0.25) is 0 Å². The predicted octanol–water partition coefficient (Wildman–Crippen LogP) is 1.80. The maximum absolute atomic E-state index is 5.81. The Kier molecular flexibility index (Phi) is 1.95. The number of hydrogen-bond donors (Lipinski definition) is 1. The second-order valence-corrected chi connectivity index (χ2v) is 4.39. The van der Waals surface area contributed by atoms with E-state index in [1.165, 1.54) is 6.42 Å². The summed E-state index contributed by atoms with van der Waals surface area (Å²) in [5.74, 6) is 1.40. The van der Waals surface area contributed by atoms with Crippen molar-refractivity contribution in [1.82, 2.24) is 0 Å². The van der Waals surface area contributed by atoms with Gasteiger partial charge in [-0.1, -0.05) is 13.8 Å². The van der Waals surface area contributed by atoms with Gasteiger partial charge in [0.1, 0.15) is 0 Å². The zero-order chi connectivity index (χ0) is 8.65. The van der Waals surface area contributed by atoms with E-state index in [1.54, 1.807) is 0 Å². The van der Waals surface area contributed by atoms with E-state index < -0.39 is 0 Å². The summed E-state index contributed by atoms with van der Waals surface area (Å²) in [6.45, 7) is 8.59. The van der Waals surface area contributed by atoms with Gasteiger partial charge in [-0.25, -0.2) is 0 Å². The molecule has 1 unspecified atom stereocenters. The van der Waals surface area contributed by atoms with Crippen LogP contribution < -0.4 is 5.73 Å². The van der Waals surface area contributed by atoms with Crippen molar-refractivity contribution in [3.8, 4) is 0 Å². The van der Waals surface area contributed by atoms with Crippen LogP contribution in [0.5, 0.6) is 0 Å². The van der Waals surface area contributed by atoms with Crippen LogP contribution in [0.15, 0.2) is 4.99 Å². The molecular formula is C9H18N2. The molecule has 2 heteroatoms. The highest BCUT2D eigenvalue weighted by molar-refractivity contribution is 5.86. The summed E-state index contributed by atoms with van der Waals surface area (Å²) in [6.07, 6.45) is 1.20. The second kappa shape index (κ2) is 2.50. The fourth-order valence-corrected chi connectivity index (χ4v) is 1.36. The Balaban J connectivity index is 2.51. The molecule has 0 saturated heterocycles. The lowest BCUT2D eigenvalue weighted by Crippen LogP contribution is -2.19. The number of hydrogen-bond acceptors (Lipinski definition) is 1. The first-order valence-corrected chi connectivity index (χ1v) is 4.26. The average Bonchev–Trinajstić information content (AvgIpc) is 2.38. The van der Waals surface area contributed by atoms with Crippen molar-refractivity contribution < 1.29 is 0 Å². The summed E-state index contributed by atoms with van der Waals surface area (Å²) in [6, 6.07) is 0.339. The van der Waals surface area contributed by atoms with E-state index in [0.717, 1.165) is 5.84 Å². The summed E-state index contributed by atoms with van der Waals surface area (Å²) in [4.78, 5) is 4.33. The Bertz CT molecular complexity index is 180. The molecule has 1 saturated carbocycles. The van der Waals surface area contributed by atoms with E-state index in [9.17, 15) is 0 Å². The van der Waals surface area contributed by atoms with Crippen LogP contribution >= 0.6 is 0 Å². The maximum atomic E-state index is 5.81. The molecule has 1 aliphatic carbocycles. The first-order valence-electron chi connectivity index (χ1n) is 4.26. The van der Waals surface area contributed by atoms with Crippen LogP contribution in [-0.2, 0) is 0 Å². The van der Waals surface area contributed by atoms with Crippen molar-refractivity contribution in [2.75, 3.05) is 0 Å². The zero-order valence-electron chi connectivity index (χ0n) is 7.89. The quantitative estimate of drug-likeness (QED) is 0.478. The first kappa shape index (κ1) is 8.57. The average molecular weight is 154 g/mol. The van der Waals surface area contributed by atoms with Crippen molar-refractivity contribution in [3.05, 3.63) is 0 Å². The molecule has 0 bridgehead atoms. The van der Waals surface area contributed by atoms with Gasteiger partial charge >= 0.3 is 0 Å². The van der Waals surface area contributed by atoms with E-state index in [0.29, 0.717) is 17.4 Å². The van der Waals surface area contributed by atoms with Gasteiger partial charge in [0.25, 0.3) is 0 Å².